The minimum Gasteiger partial charge on any atom is -0.388 e. The number of carbonyl (C=O) groups is 1. The fourth-order valence-electron chi connectivity index (χ4n) is 2.89. The second kappa shape index (κ2) is 8.02. The van der Waals surface area contributed by atoms with E-state index >= 15 is 0 Å². The van der Waals surface area contributed by atoms with Gasteiger partial charge in [-0.3, -0.25) is 4.79 Å². The lowest BCUT2D eigenvalue weighted by Gasteiger charge is -2.43. The summed E-state index contributed by atoms with van der Waals surface area (Å²) in [5.74, 6) is 1.85. The van der Waals surface area contributed by atoms with Gasteiger partial charge in [-0.1, -0.05) is 30.3 Å². The topological polar surface area (TPSA) is 142 Å². The molecular formula is C16H23NO7. The summed E-state index contributed by atoms with van der Waals surface area (Å²) in [6.45, 7) is -0.304. The molecule has 134 valence electrons. The highest BCUT2D eigenvalue weighted by Crippen LogP contribution is 2.36. The van der Waals surface area contributed by atoms with Crippen LogP contribution in [0.2, 0.25) is 0 Å². The third-order valence-electron chi connectivity index (χ3n) is 4.32. The van der Waals surface area contributed by atoms with Crippen LogP contribution in [0.5, 0.6) is 0 Å². The van der Waals surface area contributed by atoms with Gasteiger partial charge in [-0.05, 0) is 17.9 Å². The molecule has 1 unspecified atom stereocenters. The lowest BCUT2D eigenvalue weighted by atomic mass is 9.83. The molecule has 1 saturated heterocycles. The zero-order valence-corrected chi connectivity index (χ0v) is 13.1. The molecule has 1 aromatic rings. The van der Waals surface area contributed by atoms with E-state index in [2.05, 4.69) is 4.84 Å². The Bertz CT molecular complexity index is 540. The van der Waals surface area contributed by atoms with E-state index in [-0.39, 0.29) is 25.4 Å². The summed E-state index contributed by atoms with van der Waals surface area (Å²) in [5.41, 5.74) is 0.826. The average molecular weight is 341 g/mol. The molecule has 8 nitrogen and oxygen atoms in total. The van der Waals surface area contributed by atoms with Crippen LogP contribution in [0.1, 0.15) is 30.7 Å². The van der Waals surface area contributed by atoms with Crippen molar-refractivity contribution in [3.63, 3.8) is 0 Å². The largest absolute Gasteiger partial charge is 0.388 e. The Hall–Kier alpha value is -1.55. The highest BCUT2D eigenvalue weighted by molar-refractivity contribution is 5.68. The molecule has 1 aliphatic rings. The number of carbonyl (C=O) groups excluding carboxylic acids is 1. The van der Waals surface area contributed by atoms with Crippen LogP contribution in [0.15, 0.2) is 30.3 Å². The molecule has 1 fully saturated rings. The summed E-state index contributed by atoms with van der Waals surface area (Å²) in [4.78, 5) is 15.5. The van der Waals surface area contributed by atoms with Crippen LogP contribution in [0.25, 0.3) is 0 Å². The first-order chi connectivity index (χ1) is 11.4. The van der Waals surface area contributed by atoms with Crippen molar-refractivity contribution in [2.45, 2.75) is 49.3 Å². The van der Waals surface area contributed by atoms with Crippen molar-refractivity contribution in [3.8, 4) is 0 Å². The van der Waals surface area contributed by atoms with E-state index in [1.807, 2.05) is 30.3 Å². The summed E-state index contributed by atoms with van der Waals surface area (Å²) in [6, 6.07) is 9.09. The van der Waals surface area contributed by atoms with Crippen molar-refractivity contribution in [1.82, 2.24) is 0 Å². The molecule has 1 aromatic carbocycles. The molecular weight excluding hydrogens is 318 g/mol. The molecule has 8 heteroatoms. The van der Waals surface area contributed by atoms with E-state index in [0.717, 1.165) is 5.56 Å². The molecule has 0 aromatic heterocycles. The molecule has 0 radical (unpaired) electrons. The Morgan fingerprint density at radius 1 is 1.33 bits per heavy atom. The molecule has 1 heterocycles. The van der Waals surface area contributed by atoms with Gasteiger partial charge in [-0.15, -0.1) is 0 Å². The van der Waals surface area contributed by atoms with Crippen LogP contribution in [0.4, 0.5) is 0 Å². The fourth-order valence-corrected chi connectivity index (χ4v) is 2.89. The lowest BCUT2D eigenvalue weighted by molar-refractivity contribution is -0.325. The molecule has 0 saturated carbocycles. The Kier molecular flexibility index (Phi) is 6.27. The monoisotopic (exact) mass is 341 g/mol. The number of aliphatic hydroxyl groups excluding tert-OH is 3. The smallest absolute Gasteiger partial charge is 0.324 e. The van der Waals surface area contributed by atoms with Gasteiger partial charge in [-0.25, -0.2) is 0 Å². The first-order valence-corrected chi connectivity index (χ1v) is 7.72. The highest BCUT2D eigenvalue weighted by atomic mass is 16.7. The molecule has 0 amide bonds. The maximum atomic E-state index is 11.3. The summed E-state index contributed by atoms with van der Waals surface area (Å²) in [5, 5.41) is 40.0. The van der Waals surface area contributed by atoms with E-state index in [9.17, 15) is 25.2 Å². The zero-order chi connectivity index (χ0) is 17.7. The van der Waals surface area contributed by atoms with Crippen LogP contribution in [-0.4, -0.2) is 57.1 Å². The number of rotatable bonds is 6. The van der Waals surface area contributed by atoms with Gasteiger partial charge in [0.1, 0.15) is 18.3 Å². The molecule has 2 rings (SSSR count). The number of aliphatic hydroxyl groups is 4. The molecule has 24 heavy (non-hydrogen) atoms. The molecule has 0 spiro atoms. The third kappa shape index (κ3) is 4.29. The van der Waals surface area contributed by atoms with Gasteiger partial charge in [0, 0.05) is 12.8 Å². The van der Waals surface area contributed by atoms with Crippen molar-refractivity contribution in [3.05, 3.63) is 35.9 Å². The van der Waals surface area contributed by atoms with Gasteiger partial charge in [0.25, 0.3) is 0 Å². The van der Waals surface area contributed by atoms with E-state index in [0.29, 0.717) is 6.42 Å². The second-order valence-corrected chi connectivity index (χ2v) is 6.00. The Morgan fingerprint density at radius 2 is 2.00 bits per heavy atom. The summed E-state index contributed by atoms with van der Waals surface area (Å²) < 4.78 is 5.20. The van der Waals surface area contributed by atoms with Crippen LogP contribution in [-0.2, 0) is 14.4 Å². The first-order valence-electron chi connectivity index (χ1n) is 7.72. The minimum absolute atomic E-state index is 0.0212. The molecule has 5 atom stereocenters. The van der Waals surface area contributed by atoms with E-state index in [1.165, 1.54) is 0 Å². The van der Waals surface area contributed by atoms with Gasteiger partial charge in [0.2, 0.25) is 0 Å². The van der Waals surface area contributed by atoms with Gasteiger partial charge in [-0.2, -0.15) is 5.90 Å². The first kappa shape index (κ1) is 18.8. The van der Waals surface area contributed by atoms with Crippen LogP contribution in [0.3, 0.4) is 0 Å². The van der Waals surface area contributed by atoms with Gasteiger partial charge in [0.15, 0.2) is 5.79 Å². The van der Waals surface area contributed by atoms with E-state index in [1.54, 1.807) is 0 Å². The average Bonchev–Trinajstić information content (AvgIpc) is 2.61. The Balaban J connectivity index is 2.16. The number of ether oxygens (including phenoxy) is 1. The Labute approximate surface area is 139 Å². The second-order valence-electron chi connectivity index (χ2n) is 6.00. The third-order valence-corrected chi connectivity index (χ3v) is 4.32. The van der Waals surface area contributed by atoms with Crippen molar-refractivity contribution in [2.75, 3.05) is 6.61 Å². The predicted molar refractivity (Wildman–Crippen MR) is 82.2 cm³/mol. The standard InChI is InChI=1S/C16H23NO7/c17-24-13(19)7-6-11(10-4-2-1-3-5-10)8-16(22)15(21)14(20)12(18)9-23-16/h1-5,11-12,14-15,18,20-22H,6-9,17H2/t11?,12-,14+,15-,16+/m1/s1. The van der Waals surface area contributed by atoms with Crippen molar-refractivity contribution in [1.29, 1.82) is 0 Å². The van der Waals surface area contributed by atoms with Gasteiger partial charge >= 0.3 is 5.97 Å². The summed E-state index contributed by atoms with van der Waals surface area (Å²) in [7, 11) is 0. The summed E-state index contributed by atoms with van der Waals surface area (Å²) in [6.07, 6.45) is -4.21. The van der Waals surface area contributed by atoms with Gasteiger partial charge < -0.3 is 30.0 Å². The quantitative estimate of drug-likeness (QED) is 0.422. The van der Waals surface area contributed by atoms with Crippen molar-refractivity contribution in [2.24, 2.45) is 5.90 Å². The van der Waals surface area contributed by atoms with Gasteiger partial charge in [0.05, 0.1) is 6.61 Å². The number of hydrogen-bond acceptors (Lipinski definition) is 8. The molecule has 1 aliphatic heterocycles. The highest BCUT2D eigenvalue weighted by Gasteiger charge is 2.49. The van der Waals surface area contributed by atoms with Crippen LogP contribution in [0, 0.1) is 0 Å². The fraction of sp³-hybridized carbons (Fsp3) is 0.562. The molecule has 0 aliphatic carbocycles. The minimum atomic E-state index is -2.04. The predicted octanol–water partition coefficient (Wildman–Crippen LogP) is -0.841. The normalized spacial score (nSPS) is 31.5. The summed E-state index contributed by atoms with van der Waals surface area (Å²) >= 11 is 0. The lowest BCUT2D eigenvalue weighted by Crippen LogP contribution is -2.61. The zero-order valence-electron chi connectivity index (χ0n) is 13.1. The maximum Gasteiger partial charge on any atom is 0.324 e. The van der Waals surface area contributed by atoms with Crippen LogP contribution < -0.4 is 5.90 Å². The van der Waals surface area contributed by atoms with E-state index in [4.69, 9.17) is 10.6 Å². The SMILES string of the molecule is NOC(=O)CCC(C[C@]1(O)OC[C@@H](O)[C@H](O)[C@H]1O)c1ccccc1. The Morgan fingerprint density at radius 3 is 2.62 bits per heavy atom. The van der Waals surface area contributed by atoms with E-state index < -0.39 is 30.1 Å². The van der Waals surface area contributed by atoms with Crippen LogP contribution >= 0.6 is 0 Å². The number of nitrogens with two attached hydrogens (primary N) is 1. The van der Waals surface area contributed by atoms with Crippen molar-refractivity contribution >= 4 is 5.97 Å². The number of benzene rings is 1. The number of hydrogen-bond donors (Lipinski definition) is 5. The van der Waals surface area contributed by atoms with Crippen molar-refractivity contribution < 1.29 is 34.8 Å². The maximum absolute atomic E-state index is 11.3. The molecule has 6 N–H and O–H groups in total. The molecule has 0 bridgehead atoms.